The fraction of sp³-hybridized carbons (Fsp3) is 0.235. The second-order valence-corrected chi connectivity index (χ2v) is 6.76. The highest BCUT2D eigenvalue weighted by Gasteiger charge is 2.10. The molecule has 0 aliphatic heterocycles. The first-order chi connectivity index (χ1) is 11.5. The quantitative estimate of drug-likeness (QED) is 0.721. The van der Waals surface area contributed by atoms with Crippen molar-refractivity contribution in [3.8, 4) is 6.07 Å². The molecule has 2 aromatic rings. The molecule has 1 N–H and O–H groups in total. The highest BCUT2D eigenvalue weighted by Crippen LogP contribution is 2.26. The van der Waals surface area contributed by atoms with Crippen LogP contribution in [0, 0.1) is 11.3 Å². The number of rotatable bonds is 6. The van der Waals surface area contributed by atoms with E-state index in [2.05, 4.69) is 23.3 Å². The zero-order valence-electron chi connectivity index (χ0n) is 13.0. The van der Waals surface area contributed by atoms with Crippen molar-refractivity contribution in [2.24, 2.45) is 0 Å². The van der Waals surface area contributed by atoms with Gasteiger partial charge in [0.25, 0.3) is 0 Å². The maximum absolute atomic E-state index is 12.1. The Morgan fingerprint density at radius 1 is 1.29 bits per heavy atom. The van der Waals surface area contributed by atoms with Crippen molar-refractivity contribution in [3.05, 3.63) is 51.6 Å². The molecule has 4 nitrogen and oxygen atoms in total. The van der Waals surface area contributed by atoms with Crippen LogP contribution in [0.15, 0.2) is 35.4 Å². The number of carbonyl (C=O) groups is 1. The number of thioether (sulfide) groups is 1. The Morgan fingerprint density at radius 3 is 2.75 bits per heavy atom. The molecule has 0 unspecified atom stereocenters. The molecule has 0 aliphatic rings. The molecule has 0 spiro atoms. The molecule has 1 aromatic heterocycles. The summed E-state index contributed by atoms with van der Waals surface area (Å²) in [7, 11) is 0. The Labute approximate surface area is 155 Å². The normalized spacial score (nSPS) is 10.2. The van der Waals surface area contributed by atoms with E-state index in [4.69, 9.17) is 28.5 Å². The molecule has 0 aliphatic carbocycles. The van der Waals surface area contributed by atoms with Gasteiger partial charge in [-0.2, -0.15) is 5.26 Å². The first-order valence-corrected chi connectivity index (χ1v) is 9.05. The van der Waals surface area contributed by atoms with Crippen LogP contribution in [0.4, 0.5) is 5.69 Å². The minimum absolute atomic E-state index is 0.150. The number of carbonyl (C=O) groups excluding carboxylic acids is 1. The predicted molar refractivity (Wildman–Crippen MR) is 98.8 cm³/mol. The Morgan fingerprint density at radius 2 is 2.08 bits per heavy atom. The molecule has 0 saturated carbocycles. The van der Waals surface area contributed by atoms with Gasteiger partial charge in [0.05, 0.1) is 21.4 Å². The lowest BCUT2D eigenvalue weighted by atomic mass is 10.2. The lowest BCUT2D eigenvalue weighted by Crippen LogP contribution is -2.14. The van der Waals surface area contributed by atoms with E-state index in [0.717, 1.165) is 18.5 Å². The number of aryl methyl sites for hydroxylation is 1. The number of nitriles is 1. The molecule has 7 heteroatoms. The maximum Gasteiger partial charge on any atom is 0.234 e. The third kappa shape index (κ3) is 5.13. The summed E-state index contributed by atoms with van der Waals surface area (Å²) >= 11 is 13.0. The second-order valence-electron chi connectivity index (χ2n) is 4.98. The summed E-state index contributed by atoms with van der Waals surface area (Å²) in [4.78, 5) is 16.5. The third-order valence-corrected chi connectivity index (χ3v) is 4.82. The van der Waals surface area contributed by atoms with E-state index in [0.29, 0.717) is 26.3 Å². The number of amides is 1. The summed E-state index contributed by atoms with van der Waals surface area (Å²) in [6, 6.07) is 10.6. The van der Waals surface area contributed by atoms with Crippen LogP contribution in [0.1, 0.15) is 24.6 Å². The van der Waals surface area contributed by atoms with E-state index < -0.39 is 0 Å². The molecular weight excluding hydrogens is 365 g/mol. The molecule has 1 aromatic carbocycles. The van der Waals surface area contributed by atoms with E-state index >= 15 is 0 Å². The Balaban J connectivity index is 2.01. The number of nitrogens with zero attached hydrogens (tertiary/aromatic N) is 2. The van der Waals surface area contributed by atoms with Gasteiger partial charge in [-0.3, -0.25) is 4.79 Å². The average molecular weight is 380 g/mol. The smallest absolute Gasteiger partial charge is 0.234 e. The summed E-state index contributed by atoms with van der Waals surface area (Å²) in [5.41, 5.74) is 1.97. The monoisotopic (exact) mass is 379 g/mol. The van der Waals surface area contributed by atoms with Gasteiger partial charge in [-0.1, -0.05) is 48.3 Å². The van der Waals surface area contributed by atoms with Gasteiger partial charge in [-0.05, 0) is 36.8 Å². The Kier molecular flexibility index (Phi) is 6.92. The van der Waals surface area contributed by atoms with Crippen LogP contribution in [0.2, 0.25) is 10.0 Å². The lowest BCUT2D eigenvalue weighted by Gasteiger charge is -2.08. The van der Waals surface area contributed by atoms with E-state index in [-0.39, 0.29) is 11.7 Å². The summed E-state index contributed by atoms with van der Waals surface area (Å²) in [6.45, 7) is 2.07. The van der Waals surface area contributed by atoms with Crippen LogP contribution in [0.25, 0.3) is 0 Å². The van der Waals surface area contributed by atoms with Gasteiger partial charge < -0.3 is 5.32 Å². The van der Waals surface area contributed by atoms with Crippen molar-refractivity contribution in [1.82, 2.24) is 4.98 Å². The van der Waals surface area contributed by atoms with Gasteiger partial charge in [-0.25, -0.2) is 4.98 Å². The molecule has 0 atom stereocenters. The Hall–Kier alpha value is -1.74. The first kappa shape index (κ1) is 18.6. The van der Waals surface area contributed by atoms with E-state index in [1.165, 1.54) is 11.8 Å². The molecule has 1 amide bonds. The minimum Gasteiger partial charge on any atom is -0.325 e. The summed E-state index contributed by atoms with van der Waals surface area (Å²) in [6.07, 6.45) is 1.82. The number of hydrogen-bond acceptors (Lipinski definition) is 4. The van der Waals surface area contributed by atoms with Gasteiger partial charge in [0.15, 0.2) is 0 Å². The van der Waals surface area contributed by atoms with Crippen molar-refractivity contribution < 1.29 is 4.79 Å². The molecule has 0 saturated heterocycles. The molecule has 0 radical (unpaired) electrons. The van der Waals surface area contributed by atoms with E-state index in [9.17, 15) is 4.79 Å². The van der Waals surface area contributed by atoms with Crippen molar-refractivity contribution >= 4 is 46.6 Å². The van der Waals surface area contributed by atoms with Gasteiger partial charge in [0.1, 0.15) is 11.1 Å². The zero-order valence-corrected chi connectivity index (χ0v) is 15.3. The molecule has 1 heterocycles. The summed E-state index contributed by atoms with van der Waals surface area (Å²) in [5, 5.41) is 13.3. The van der Waals surface area contributed by atoms with Crippen LogP contribution < -0.4 is 5.32 Å². The highest BCUT2D eigenvalue weighted by atomic mass is 35.5. The molecule has 2 rings (SSSR count). The fourth-order valence-corrected chi connectivity index (χ4v) is 3.06. The van der Waals surface area contributed by atoms with Gasteiger partial charge in [0.2, 0.25) is 5.91 Å². The third-order valence-electron chi connectivity index (χ3n) is 3.09. The number of halogens is 2. The predicted octanol–water partition coefficient (Wildman–Crippen LogP) is 4.94. The standard InChI is InChI=1S/C17H15Cl2N3OS/c1-2-3-12-5-4-11(9-20)17(22-12)24-10-16(23)21-13-6-7-14(18)15(19)8-13/h4-8H,2-3,10H2,1H3,(H,21,23). The number of nitrogens with one attached hydrogen (secondary N) is 1. The van der Waals surface area contributed by atoms with Crippen LogP contribution >= 0.6 is 35.0 Å². The lowest BCUT2D eigenvalue weighted by molar-refractivity contribution is -0.113. The molecule has 0 fully saturated rings. The van der Waals surface area contributed by atoms with Crippen molar-refractivity contribution in [2.75, 3.05) is 11.1 Å². The molecule has 124 valence electrons. The largest absolute Gasteiger partial charge is 0.325 e. The van der Waals surface area contributed by atoms with Crippen LogP contribution in [-0.2, 0) is 11.2 Å². The number of hydrogen-bond donors (Lipinski definition) is 1. The zero-order chi connectivity index (χ0) is 17.5. The van der Waals surface area contributed by atoms with Crippen molar-refractivity contribution in [2.45, 2.75) is 24.8 Å². The number of pyridine rings is 1. The van der Waals surface area contributed by atoms with Gasteiger partial charge in [-0.15, -0.1) is 0 Å². The van der Waals surface area contributed by atoms with Crippen LogP contribution in [-0.4, -0.2) is 16.6 Å². The van der Waals surface area contributed by atoms with Crippen molar-refractivity contribution in [3.63, 3.8) is 0 Å². The maximum atomic E-state index is 12.1. The van der Waals surface area contributed by atoms with Crippen LogP contribution in [0.3, 0.4) is 0 Å². The SMILES string of the molecule is CCCc1ccc(C#N)c(SCC(=O)Nc2ccc(Cl)c(Cl)c2)n1. The molecule has 24 heavy (non-hydrogen) atoms. The van der Waals surface area contributed by atoms with Crippen LogP contribution in [0.5, 0.6) is 0 Å². The van der Waals surface area contributed by atoms with Gasteiger partial charge >= 0.3 is 0 Å². The number of aromatic nitrogens is 1. The highest BCUT2D eigenvalue weighted by molar-refractivity contribution is 8.00. The molecule has 0 bridgehead atoms. The van der Waals surface area contributed by atoms with Gasteiger partial charge in [0, 0.05) is 11.4 Å². The minimum atomic E-state index is -0.204. The first-order valence-electron chi connectivity index (χ1n) is 7.31. The fourth-order valence-electron chi connectivity index (χ4n) is 1.97. The summed E-state index contributed by atoms with van der Waals surface area (Å²) < 4.78 is 0. The second kappa shape index (κ2) is 8.93. The number of benzene rings is 1. The van der Waals surface area contributed by atoms with Crippen molar-refractivity contribution in [1.29, 1.82) is 5.26 Å². The topological polar surface area (TPSA) is 65.8 Å². The number of anilines is 1. The average Bonchev–Trinajstić information content (AvgIpc) is 2.57. The van der Waals surface area contributed by atoms with E-state index in [1.807, 2.05) is 6.07 Å². The Bertz CT molecular complexity index is 790. The van der Waals surface area contributed by atoms with E-state index in [1.54, 1.807) is 24.3 Å². The summed E-state index contributed by atoms with van der Waals surface area (Å²) in [5.74, 6) is -0.0534. The molecular formula is C17H15Cl2N3OS.